The van der Waals surface area contributed by atoms with Gasteiger partial charge in [-0.15, -0.1) is 0 Å². The monoisotopic (exact) mass is 447 g/mol. The molecule has 2 aromatic rings. The molecule has 0 aliphatic carbocycles. The zero-order valence-corrected chi connectivity index (χ0v) is 18.0. The minimum Gasteiger partial charge on any atom is -0.490 e. The molecule has 0 saturated carbocycles. The van der Waals surface area contributed by atoms with E-state index in [9.17, 15) is 19.7 Å². The number of rotatable bonds is 11. The van der Waals surface area contributed by atoms with Crippen molar-refractivity contribution in [1.82, 2.24) is 10.9 Å². The van der Waals surface area contributed by atoms with E-state index in [4.69, 9.17) is 18.9 Å². The van der Waals surface area contributed by atoms with Crippen LogP contribution in [0.1, 0.15) is 31.1 Å². The Hall–Kier alpha value is -4.02. The van der Waals surface area contributed by atoms with Gasteiger partial charge in [-0.25, -0.2) is 0 Å². The molecule has 2 rings (SSSR count). The molecule has 0 unspecified atom stereocenters. The molecule has 11 nitrogen and oxygen atoms in total. The number of carbonyl (C=O) groups is 2. The molecule has 0 bridgehead atoms. The van der Waals surface area contributed by atoms with Crippen molar-refractivity contribution in [2.24, 2.45) is 0 Å². The summed E-state index contributed by atoms with van der Waals surface area (Å²) in [5, 5.41) is 10.8. The summed E-state index contributed by atoms with van der Waals surface area (Å²) in [5.74, 6) is -0.0573. The molecule has 32 heavy (non-hydrogen) atoms. The first-order valence-electron chi connectivity index (χ1n) is 9.92. The van der Waals surface area contributed by atoms with Gasteiger partial charge in [0.1, 0.15) is 5.75 Å². The Morgan fingerprint density at radius 3 is 2.09 bits per heavy atom. The molecule has 2 amide bonds. The van der Waals surface area contributed by atoms with Crippen LogP contribution < -0.4 is 29.8 Å². The Labute approximate surface area is 184 Å². The fourth-order valence-electron chi connectivity index (χ4n) is 2.59. The van der Waals surface area contributed by atoms with Gasteiger partial charge in [0.15, 0.2) is 18.1 Å². The number of non-ortho nitro benzene ring substituents is 1. The summed E-state index contributed by atoms with van der Waals surface area (Å²) in [6.07, 6.45) is 0. The maximum absolute atomic E-state index is 12.5. The SMILES string of the molecule is CCOc1cc(C(=O)NNC(=O)COc2cccc([N+](=O)[O-])c2)cc(OCC)c1OCC. The van der Waals surface area contributed by atoms with E-state index in [1.807, 2.05) is 6.92 Å². The first-order chi connectivity index (χ1) is 15.4. The van der Waals surface area contributed by atoms with Crippen LogP contribution >= 0.6 is 0 Å². The molecule has 172 valence electrons. The van der Waals surface area contributed by atoms with Gasteiger partial charge < -0.3 is 18.9 Å². The second-order valence-electron chi connectivity index (χ2n) is 6.15. The Bertz CT molecular complexity index is 937. The highest BCUT2D eigenvalue weighted by Gasteiger charge is 2.19. The Balaban J connectivity index is 2.02. The lowest BCUT2D eigenvalue weighted by Gasteiger charge is -2.17. The van der Waals surface area contributed by atoms with Crippen molar-refractivity contribution in [2.75, 3.05) is 26.4 Å². The van der Waals surface area contributed by atoms with Crippen molar-refractivity contribution in [3.8, 4) is 23.0 Å². The third-order valence-corrected chi connectivity index (χ3v) is 3.89. The van der Waals surface area contributed by atoms with Crippen LogP contribution in [-0.2, 0) is 4.79 Å². The average Bonchev–Trinajstić information content (AvgIpc) is 2.78. The molecule has 0 spiro atoms. The number of hydrazine groups is 1. The van der Waals surface area contributed by atoms with Gasteiger partial charge in [0.2, 0.25) is 5.75 Å². The fraction of sp³-hybridized carbons (Fsp3) is 0.333. The minimum absolute atomic E-state index is 0.148. The van der Waals surface area contributed by atoms with Gasteiger partial charge in [-0.3, -0.25) is 30.6 Å². The summed E-state index contributed by atoms with van der Waals surface area (Å²) in [7, 11) is 0. The molecule has 0 fully saturated rings. The Kier molecular flexibility index (Phi) is 9.08. The van der Waals surface area contributed by atoms with Crippen LogP contribution in [-0.4, -0.2) is 43.2 Å². The predicted octanol–water partition coefficient (Wildman–Crippen LogP) is 2.63. The first kappa shape index (κ1) is 24.3. The summed E-state index contributed by atoms with van der Waals surface area (Å²) in [6, 6.07) is 8.37. The van der Waals surface area contributed by atoms with E-state index < -0.39 is 23.3 Å². The van der Waals surface area contributed by atoms with Gasteiger partial charge in [0.05, 0.1) is 30.8 Å². The molecule has 0 aliphatic rings. The summed E-state index contributed by atoms with van der Waals surface area (Å²) >= 11 is 0. The van der Waals surface area contributed by atoms with Gasteiger partial charge in [-0.1, -0.05) is 6.07 Å². The Morgan fingerprint density at radius 2 is 1.53 bits per heavy atom. The van der Waals surface area contributed by atoms with Crippen LogP contribution in [0.4, 0.5) is 5.69 Å². The zero-order valence-electron chi connectivity index (χ0n) is 18.0. The number of nitro groups is 1. The van der Waals surface area contributed by atoms with Gasteiger partial charge in [-0.2, -0.15) is 0 Å². The molecule has 0 aromatic heterocycles. The molecule has 2 aromatic carbocycles. The molecule has 11 heteroatoms. The van der Waals surface area contributed by atoms with Crippen molar-refractivity contribution in [2.45, 2.75) is 20.8 Å². The fourth-order valence-corrected chi connectivity index (χ4v) is 2.59. The third kappa shape index (κ3) is 6.76. The first-order valence-corrected chi connectivity index (χ1v) is 9.92. The van der Waals surface area contributed by atoms with E-state index >= 15 is 0 Å². The second-order valence-corrected chi connectivity index (χ2v) is 6.15. The maximum Gasteiger partial charge on any atom is 0.276 e. The Morgan fingerprint density at radius 1 is 0.906 bits per heavy atom. The summed E-state index contributed by atoms with van der Waals surface area (Å²) < 4.78 is 21.9. The zero-order chi connectivity index (χ0) is 23.5. The van der Waals surface area contributed by atoms with Crippen LogP contribution in [0.15, 0.2) is 36.4 Å². The number of hydrogen-bond acceptors (Lipinski definition) is 8. The van der Waals surface area contributed by atoms with Crippen molar-refractivity contribution >= 4 is 17.5 Å². The number of nitro benzene ring substituents is 1. The summed E-state index contributed by atoms with van der Waals surface area (Å²) in [6.45, 7) is 6.03. The van der Waals surface area contributed by atoms with E-state index in [-0.39, 0.29) is 17.0 Å². The number of carbonyl (C=O) groups excluding carboxylic acids is 2. The maximum atomic E-state index is 12.5. The number of amides is 2. The van der Waals surface area contributed by atoms with Gasteiger partial charge in [0, 0.05) is 11.6 Å². The van der Waals surface area contributed by atoms with Crippen LogP contribution in [0.25, 0.3) is 0 Å². The molecule has 2 N–H and O–H groups in total. The highest BCUT2D eigenvalue weighted by molar-refractivity contribution is 5.96. The highest BCUT2D eigenvalue weighted by Crippen LogP contribution is 2.39. The number of nitrogens with zero attached hydrogens (tertiary/aromatic N) is 1. The smallest absolute Gasteiger partial charge is 0.276 e. The molecular formula is C21H25N3O8. The summed E-state index contributed by atoms with van der Waals surface area (Å²) in [4.78, 5) is 34.7. The van der Waals surface area contributed by atoms with Gasteiger partial charge in [0.25, 0.3) is 17.5 Å². The van der Waals surface area contributed by atoms with Crippen LogP contribution in [0.3, 0.4) is 0 Å². The van der Waals surface area contributed by atoms with Crippen molar-refractivity contribution in [3.05, 3.63) is 52.1 Å². The van der Waals surface area contributed by atoms with Crippen molar-refractivity contribution in [3.63, 3.8) is 0 Å². The molecule has 0 atom stereocenters. The van der Waals surface area contributed by atoms with Gasteiger partial charge in [-0.05, 0) is 39.0 Å². The molecule has 0 heterocycles. The average molecular weight is 447 g/mol. The van der Waals surface area contributed by atoms with Crippen LogP contribution in [0.5, 0.6) is 23.0 Å². The number of ether oxygens (including phenoxy) is 4. The largest absolute Gasteiger partial charge is 0.490 e. The molecule has 0 saturated heterocycles. The number of hydrogen-bond donors (Lipinski definition) is 2. The van der Waals surface area contributed by atoms with Gasteiger partial charge >= 0.3 is 0 Å². The topological polar surface area (TPSA) is 138 Å². The predicted molar refractivity (Wildman–Crippen MR) is 114 cm³/mol. The van der Waals surface area contributed by atoms with E-state index in [1.54, 1.807) is 13.8 Å². The minimum atomic E-state index is -0.661. The van der Waals surface area contributed by atoms with Crippen LogP contribution in [0, 0.1) is 10.1 Å². The van der Waals surface area contributed by atoms with Crippen molar-refractivity contribution < 1.29 is 33.5 Å². The van der Waals surface area contributed by atoms with Crippen LogP contribution in [0.2, 0.25) is 0 Å². The van der Waals surface area contributed by atoms with E-state index in [1.165, 1.54) is 36.4 Å². The quantitative estimate of drug-likeness (QED) is 0.396. The van der Waals surface area contributed by atoms with E-state index in [0.29, 0.717) is 37.1 Å². The molecule has 0 radical (unpaired) electrons. The number of nitrogens with one attached hydrogen (secondary N) is 2. The summed E-state index contributed by atoms with van der Waals surface area (Å²) in [5.41, 5.74) is 4.51. The number of benzene rings is 2. The third-order valence-electron chi connectivity index (χ3n) is 3.89. The normalized spacial score (nSPS) is 10.1. The molecular weight excluding hydrogens is 422 g/mol. The van der Waals surface area contributed by atoms with Crippen molar-refractivity contribution in [1.29, 1.82) is 0 Å². The van der Waals surface area contributed by atoms with E-state index in [2.05, 4.69) is 10.9 Å². The van der Waals surface area contributed by atoms with E-state index in [0.717, 1.165) is 0 Å². The lowest BCUT2D eigenvalue weighted by molar-refractivity contribution is -0.384. The lowest BCUT2D eigenvalue weighted by Crippen LogP contribution is -2.43. The standard InChI is InChI=1S/C21H25N3O8/c1-4-29-17-10-14(11-18(30-5-2)20(17)31-6-3)21(26)23-22-19(25)13-32-16-9-7-8-15(12-16)24(27)28/h7-12H,4-6,13H2,1-3H3,(H,22,25)(H,23,26). The second kappa shape index (κ2) is 12.0. The lowest BCUT2D eigenvalue weighted by atomic mass is 10.1. The highest BCUT2D eigenvalue weighted by atomic mass is 16.6. The molecule has 0 aliphatic heterocycles.